The van der Waals surface area contributed by atoms with Gasteiger partial charge in [0.2, 0.25) is 0 Å². The van der Waals surface area contributed by atoms with Crippen LogP contribution in [0.4, 0.5) is 0 Å². The molecular formula is C14H24O10. The highest BCUT2D eigenvalue weighted by Gasteiger charge is 2.30. The Morgan fingerprint density at radius 3 is 1.08 bits per heavy atom. The molecule has 24 heavy (non-hydrogen) atoms. The zero-order chi connectivity index (χ0) is 18.6. The van der Waals surface area contributed by atoms with Crippen LogP contribution in [0.25, 0.3) is 0 Å². The minimum atomic E-state index is -1.38. The van der Waals surface area contributed by atoms with E-state index < -0.39 is 75.6 Å². The van der Waals surface area contributed by atoms with E-state index in [-0.39, 0.29) is 0 Å². The summed E-state index contributed by atoms with van der Waals surface area (Å²) in [6, 6.07) is 0. The van der Waals surface area contributed by atoms with Gasteiger partial charge in [-0.1, -0.05) is 0 Å². The molecule has 0 heterocycles. The first kappa shape index (κ1) is 22.4. The number of hydrogen-bond acceptors (Lipinski definition) is 10. The van der Waals surface area contributed by atoms with Crippen molar-refractivity contribution in [3.8, 4) is 0 Å². The second-order valence-corrected chi connectivity index (χ2v) is 5.50. The molecule has 0 saturated carbocycles. The van der Waals surface area contributed by atoms with E-state index in [0.29, 0.717) is 0 Å². The highest BCUT2D eigenvalue weighted by molar-refractivity contribution is 5.91. The Kier molecular flexibility index (Phi) is 10.4. The fraction of sp³-hybridized carbons (Fsp3) is 0.714. The van der Waals surface area contributed by atoms with Crippen molar-refractivity contribution in [1.82, 2.24) is 0 Å². The van der Waals surface area contributed by atoms with Crippen molar-refractivity contribution in [2.24, 2.45) is 10.8 Å². The summed E-state index contributed by atoms with van der Waals surface area (Å²) >= 11 is 0. The van der Waals surface area contributed by atoms with Crippen molar-refractivity contribution >= 4 is 11.9 Å². The second-order valence-electron chi connectivity index (χ2n) is 5.50. The first-order valence-corrected chi connectivity index (χ1v) is 7.03. The number of aliphatic hydroxyl groups is 6. The second kappa shape index (κ2) is 11.1. The number of aliphatic hydroxyl groups excluding tert-OH is 6. The third kappa shape index (κ3) is 6.91. The minimum Gasteiger partial charge on any atom is -0.462 e. The summed E-state index contributed by atoms with van der Waals surface area (Å²) in [7, 11) is 0. The molecule has 0 aromatic rings. The maximum absolute atomic E-state index is 11.4. The number of carbonyl (C=O) groups is 2. The molecule has 0 atom stereocenters. The molecule has 0 aromatic heterocycles. The van der Waals surface area contributed by atoms with Gasteiger partial charge in [-0.3, -0.25) is 0 Å². The summed E-state index contributed by atoms with van der Waals surface area (Å²) in [6.45, 7) is -4.56. The molecule has 6 N–H and O–H groups in total. The molecule has 0 saturated heterocycles. The molecule has 0 aliphatic rings. The average Bonchev–Trinajstić information content (AvgIpc) is 2.63. The minimum absolute atomic E-state index is 0.461. The highest BCUT2D eigenvalue weighted by atomic mass is 16.5. The van der Waals surface area contributed by atoms with Crippen LogP contribution < -0.4 is 0 Å². The van der Waals surface area contributed by atoms with E-state index in [4.69, 9.17) is 40.1 Å². The zero-order valence-electron chi connectivity index (χ0n) is 13.1. The zero-order valence-corrected chi connectivity index (χ0v) is 13.1. The number of ether oxygens (including phenoxy) is 2. The molecular weight excluding hydrogens is 328 g/mol. The third-order valence-electron chi connectivity index (χ3n) is 3.41. The van der Waals surface area contributed by atoms with Crippen molar-refractivity contribution in [2.45, 2.75) is 0 Å². The Balaban J connectivity index is 4.42. The molecule has 10 heteroatoms. The van der Waals surface area contributed by atoms with Gasteiger partial charge in [0.05, 0.1) is 50.5 Å². The lowest BCUT2D eigenvalue weighted by atomic mass is 9.92. The van der Waals surface area contributed by atoms with Gasteiger partial charge < -0.3 is 40.1 Å². The molecule has 0 amide bonds. The SMILES string of the molecule is O=C(/C=C/C(=O)OCC(CO)(CO)CO)OCC(CO)(CO)CO. The summed E-state index contributed by atoms with van der Waals surface area (Å²) in [6.07, 6.45) is 1.47. The summed E-state index contributed by atoms with van der Waals surface area (Å²) in [5, 5.41) is 54.4. The normalized spacial score (nSPS) is 12.4. The molecule has 0 bridgehead atoms. The number of esters is 2. The largest absolute Gasteiger partial charge is 0.462 e. The van der Waals surface area contributed by atoms with Crippen molar-refractivity contribution in [3.05, 3.63) is 12.2 Å². The van der Waals surface area contributed by atoms with Gasteiger partial charge in [0, 0.05) is 12.2 Å². The van der Waals surface area contributed by atoms with Crippen molar-refractivity contribution in [3.63, 3.8) is 0 Å². The van der Waals surface area contributed by atoms with Gasteiger partial charge in [0.1, 0.15) is 13.2 Å². The van der Waals surface area contributed by atoms with Crippen LogP contribution in [0.1, 0.15) is 0 Å². The van der Waals surface area contributed by atoms with E-state index in [9.17, 15) is 9.59 Å². The van der Waals surface area contributed by atoms with Crippen LogP contribution >= 0.6 is 0 Å². The summed E-state index contributed by atoms with van der Waals surface area (Å²) in [5.41, 5.74) is -2.76. The molecule has 10 nitrogen and oxygen atoms in total. The summed E-state index contributed by atoms with van der Waals surface area (Å²) in [4.78, 5) is 22.9. The molecule has 0 aliphatic heterocycles. The maximum atomic E-state index is 11.4. The lowest BCUT2D eigenvalue weighted by Crippen LogP contribution is -2.39. The molecule has 0 spiro atoms. The van der Waals surface area contributed by atoms with Gasteiger partial charge in [-0.2, -0.15) is 0 Å². The van der Waals surface area contributed by atoms with E-state index >= 15 is 0 Å². The molecule has 0 unspecified atom stereocenters. The monoisotopic (exact) mass is 352 g/mol. The Bertz CT molecular complexity index is 357. The molecule has 0 aliphatic carbocycles. The van der Waals surface area contributed by atoms with Gasteiger partial charge in [-0.15, -0.1) is 0 Å². The Morgan fingerprint density at radius 1 is 0.625 bits per heavy atom. The fourth-order valence-corrected chi connectivity index (χ4v) is 1.25. The quantitative estimate of drug-likeness (QED) is 0.153. The predicted molar refractivity (Wildman–Crippen MR) is 78.4 cm³/mol. The van der Waals surface area contributed by atoms with E-state index in [0.717, 1.165) is 12.2 Å². The van der Waals surface area contributed by atoms with Gasteiger partial charge in [-0.25, -0.2) is 9.59 Å². The Labute approximate surface area is 138 Å². The van der Waals surface area contributed by atoms with Crippen molar-refractivity contribution < 1.29 is 49.7 Å². The van der Waals surface area contributed by atoms with Crippen LogP contribution in [0.15, 0.2) is 12.2 Å². The van der Waals surface area contributed by atoms with E-state index in [2.05, 4.69) is 0 Å². The topological polar surface area (TPSA) is 174 Å². The number of rotatable bonds is 12. The molecule has 0 aromatic carbocycles. The number of hydrogen-bond donors (Lipinski definition) is 6. The van der Waals surface area contributed by atoms with Crippen LogP contribution in [-0.4, -0.2) is 95.4 Å². The summed E-state index contributed by atoms with van der Waals surface area (Å²) < 4.78 is 9.41. The first-order valence-electron chi connectivity index (χ1n) is 7.03. The summed E-state index contributed by atoms with van der Waals surface area (Å²) in [5.74, 6) is -1.94. The van der Waals surface area contributed by atoms with Crippen LogP contribution in [0.3, 0.4) is 0 Å². The van der Waals surface area contributed by atoms with Gasteiger partial charge in [0.25, 0.3) is 0 Å². The Morgan fingerprint density at radius 2 is 0.875 bits per heavy atom. The third-order valence-corrected chi connectivity index (χ3v) is 3.41. The lowest BCUT2D eigenvalue weighted by molar-refractivity contribution is -0.148. The van der Waals surface area contributed by atoms with Crippen LogP contribution in [0.5, 0.6) is 0 Å². The van der Waals surface area contributed by atoms with Crippen LogP contribution in [0, 0.1) is 10.8 Å². The van der Waals surface area contributed by atoms with Crippen LogP contribution in [-0.2, 0) is 19.1 Å². The lowest BCUT2D eigenvalue weighted by Gasteiger charge is -2.26. The van der Waals surface area contributed by atoms with E-state index in [1.54, 1.807) is 0 Å². The molecule has 0 radical (unpaired) electrons. The van der Waals surface area contributed by atoms with Gasteiger partial charge in [0.15, 0.2) is 0 Å². The molecule has 0 fully saturated rings. The molecule has 140 valence electrons. The van der Waals surface area contributed by atoms with E-state index in [1.165, 1.54) is 0 Å². The average molecular weight is 352 g/mol. The number of carbonyl (C=O) groups excluding carboxylic acids is 2. The Hall–Kier alpha value is -1.56. The van der Waals surface area contributed by atoms with E-state index in [1.807, 2.05) is 0 Å². The standard InChI is InChI=1S/C14H24O10/c15-3-13(4-16,5-17)9-23-11(21)1-2-12(22)24-10-14(6-18,7-19)8-20/h1-2,15-20H,3-10H2/b2-1+. The van der Waals surface area contributed by atoms with Gasteiger partial charge in [-0.05, 0) is 0 Å². The maximum Gasteiger partial charge on any atom is 0.331 e. The highest BCUT2D eigenvalue weighted by Crippen LogP contribution is 2.16. The van der Waals surface area contributed by atoms with Crippen LogP contribution in [0.2, 0.25) is 0 Å². The van der Waals surface area contributed by atoms with Crippen molar-refractivity contribution in [1.29, 1.82) is 0 Å². The smallest absolute Gasteiger partial charge is 0.331 e. The molecule has 0 rings (SSSR count). The van der Waals surface area contributed by atoms with Crippen molar-refractivity contribution in [2.75, 3.05) is 52.9 Å². The predicted octanol–water partition coefficient (Wildman–Crippen LogP) is -3.44. The first-order chi connectivity index (χ1) is 11.4. The van der Waals surface area contributed by atoms with Gasteiger partial charge >= 0.3 is 11.9 Å². The fourth-order valence-electron chi connectivity index (χ4n) is 1.25.